The van der Waals surface area contributed by atoms with Crippen LogP contribution >= 0.6 is 0 Å². The minimum Gasteiger partial charge on any atom is -0.315 e. The van der Waals surface area contributed by atoms with Crippen molar-refractivity contribution in [2.75, 3.05) is 18.8 Å². The molecule has 2 fully saturated rings. The maximum atomic E-state index is 11.2. The monoisotopic (exact) mass is 161 g/mol. The molecule has 2 rings (SSSR count). The molecule has 2 aliphatic rings. The molecule has 4 heteroatoms. The Kier molecular flexibility index (Phi) is 1.29. The van der Waals surface area contributed by atoms with E-state index < -0.39 is 9.84 Å². The van der Waals surface area contributed by atoms with Gasteiger partial charge >= 0.3 is 0 Å². The molecule has 0 aliphatic carbocycles. The first kappa shape index (κ1) is 6.61. The van der Waals surface area contributed by atoms with Crippen LogP contribution in [0.5, 0.6) is 0 Å². The lowest BCUT2D eigenvalue weighted by atomic mass is 10.0. The zero-order valence-corrected chi connectivity index (χ0v) is 6.52. The van der Waals surface area contributed by atoms with Crippen LogP contribution in [0.4, 0.5) is 0 Å². The summed E-state index contributed by atoms with van der Waals surface area (Å²) in [5.41, 5.74) is 0. The summed E-state index contributed by atoms with van der Waals surface area (Å²) in [5, 5.41) is 3.06. The topological polar surface area (TPSA) is 46.2 Å². The maximum absolute atomic E-state index is 11.2. The van der Waals surface area contributed by atoms with Crippen LogP contribution in [0.15, 0.2) is 0 Å². The fourth-order valence-corrected chi connectivity index (χ4v) is 3.97. The normalized spacial score (nSPS) is 43.6. The molecular weight excluding hydrogens is 150 g/mol. The Hall–Kier alpha value is -0.0900. The van der Waals surface area contributed by atoms with Gasteiger partial charge in [0.15, 0.2) is 9.84 Å². The Morgan fingerprint density at radius 2 is 2.10 bits per heavy atom. The summed E-state index contributed by atoms with van der Waals surface area (Å²) in [7, 11) is -2.69. The quantitative estimate of drug-likeness (QED) is 0.515. The lowest BCUT2D eigenvalue weighted by Crippen LogP contribution is -2.35. The van der Waals surface area contributed by atoms with Crippen molar-refractivity contribution in [1.29, 1.82) is 0 Å². The third-order valence-electron chi connectivity index (χ3n) is 2.38. The predicted octanol–water partition coefficient (Wildman–Crippen LogP) is -0.607. The molecule has 10 heavy (non-hydrogen) atoms. The molecule has 2 aliphatic heterocycles. The lowest BCUT2D eigenvalue weighted by Gasteiger charge is -2.16. The van der Waals surface area contributed by atoms with Gasteiger partial charge in [-0.1, -0.05) is 0 Å². The molecule has 0 spiro atoms. The summed E-state index contributed by atoms with van der Waals surface area (Å²) in [5.74, 6) is 0.828. The average molecular weight is 161 g/mol. The van der Waals surface area contributed by atoms with E-state index in [1.54, 1.807) is 0 Å². The number of hydrogen-bond donors (Lipinski definition) is 1. The summed E-state index contributed by atoms with van der Waals surface area (Å²) in [4.78, 5) is 0. The van der Waals surface area contributed by atoms with Crippen molar-refractivity contribution in [2.45, 2.75) is 11.7 Å². The molecule has 3 nitrogen and oxygen atoms in total. The van der Waals surface area contributed by atoms with Crippen molar-refractivity contribution < 1.29 is 8.42 Å². The van der Waals surface area contributed by atoms with Crippen LogP contribution in [0, 0.1) is 5.92 Å². The molecule has 0 radical (unpaired) electrons. The van der Waals surface area contributed by atoms with Crippen LogP contribution in [0.25, 0.3) is 0 Å². The van der Waals surface area contributed by atoms with E-state index in [2.05, 4.69) is 5.32 Å². The molecule has 0 saturated carbocycles. The second-order valence-corrected chi connectivity index (χ2v) is 5.54. The number of rotatable bonds is 0. The van der Waals surface area contributed by atoms with Gasteiger partial charge in [-0.3, -0.25) is 0 Å². The molecule has 0 aromatic heterocycles. The van der Waals surface area contributed by atoms with Crippen LogP contribution in [-0.2, 0) is 9.84 Å². The molecule has 2 bridgehead atoms. The van der Waals surface area contributed by atoms with Gasteiger partial charge in [-0.05, 0) is 18.9 Å². The van der Waals surface area contributed by atoms with Crippen molar-refractivity contribution in [3.63, 3.8) is 0 Å². The summed E-state index contributed by atoms with van der Waals surface area (Å²) in [6.45, 7) is 1.58. The Bertz CT molecular complexity index is 234. The SMILES string of the molecule is O=S1(=O)CC2CNCC1C2. The molecule has 58 valence electrons. The van der Waals surface area contributed by atoms with Crippen LogP contribution in [0.2, 0.25) is 0 Å². The number of sulfone groups is 1. The molecular formula is C6H11NO2S. The second-order valence-electron chi connectivity index (χ2n) is 3.21. The van der Waals surface area contributed by atoms with Gasteiger partial charge in [0.2, 0.25) is 0 Å². The van der Waals surface area contributed by atoms with E-state index in [9.17, 15) is 8.42 Å². The van der Waals surface area contributed by atoms with E-state index in [1.165, 1.54) is 0 Å². The van der Waals surface area contributed by atoms with Crippen molar-refractivity contribution in [3.8, 4) is 0 Å². The van der Waals surface area contributed by atoms with Gasteiger partial charge < -0.3 is 5.32 Å². The second kappa shape index (κ2) is 1.95. The standard InChI is InChI=1S/C6H11NO2S/c8-10(9)4-5-1-6(10)3-7-2-5/h5-7H,1-4H2. The summed E-state index contributed by atoms with van der Waals surface area (Å²) >= 11 is 0. The van der Waals surface area contributed by atoms with Gasteiger partial charge in [0.25, 0.3) is 0 Å². The smallest absolute Gasteiger partial charge is 0.154 e. The van der Waals surface area contributed by atoms with Crippen LogP contribution in [0.3, 0.4) is 0 Å². The largest absolute Gasteiger partial charge is 0.315 e. The third-order valence-corrected chi connectivity index (χ3v) is 4.69. The molecule has 2 saturated heterocycles. The summed E-state index contributed by atoms with van der Waals surface area (Å²) < 4.78 is 22.4. The Morgan fingerprint density at radius 3 is 2.70 bits per heavy atom. The van der Waals surface area contributed by atoms with E-state index in [-0.39, 0.29) is 5.25 Å². The molecule has 0 aromatic carbocycles. The highest BCUT2D eigenvalue weighted by Gasteiger charge is 2.40. The first-order valence-electron chi connectivity index (χ1n) is 3.61. The van der Waals surface area contributed by atoms with Crippen molar-refractivity contribution in [1.82, 2.24) is 5.32 Å². The minimum absolute atomic E-state index is 0.0637. The number of hydrogen-bond acceptors (Lipinski definition) is 3. The van der Waals surface area contributed by atoms with Gasteiger partial charge in [0.1, 0.15) is 0 Å². The summed E-state index contributed by atoms with van der Waals surface area (Å²) in [6.07, 6.45) is 0.898. The van der Waals surface area contributed by atoms with Gasteiger partial charge in [-0.15, -0.1) is 0 Å². The van der Waals surface area contributed by atoms with E-state index >= 15 is 0 Å². The molecule has 2 unspecified atom stereocenters. The molecule has 2 heterocycles. The lowest BCUT2D eigenvalue weighted by molar-refractivity contribution is 0.440. The average Bonchev–Trinajstić information content (AvgIpc) is 2.04. The highest BCUT2D eigenvalue weighted by atomic mass is 32.2. The fraction of sp³-hybridized carbons (Fsp3) is 1.00. The third kappa shape index (κ3) is 0.864. The zero-order chi connectivity index (χ0) is 7.19. The minimum atomic E-state index is -2.69. The van der Waals surface area contributed by atoms with Crippen LogP contribution in [-0.4, -0.2) is 32.5 Å². The van der Waals surface area contributed by atoms with E-state index in [0.717, 1.165) is 13.0 Å². The number of piperidine rings is 1. The van der Waals surface area contributed by atoms with Gasteiger partial charge in [0.05, 0.1) is 11.0 Å². The van der Waals surface area contributed by atoms with Crippen molar-refractivity contribution in [3.05, 3.63) is 0 Å². The Morgan fingerprint density at radius 1 is 1.30 bits per heavy atom. The first-order valence-corrected chi connectivity index (χ1v) is 5.32. The van der Waals surface area contributed by atoms with E-state index in [1.807, 2.05) is 0 Å². The molecule has 2 atom stereocenters. The van der Waals surface area contributed by atoms with Crippen LogP contribution in [0.1, 0.15) is 6.42 Å². The maximum Gasteiger partial charge on any atom is 0.154 e. The van der Waals surface area contributed by atoms with Crippen LogP contribution < -0.4 is 5.32 Å². The Labute approximate surface area is 60.7 Å². The first-order chi connectivity index (χ1) is 4.68. The van der Waals surface area contributed by atoms with Crippen molar-refractivity contribution in [2.24, 2.45) is 5.92 Å². The van der Waals surface area contributed by atoms with Gasteiger partial charge in [0, 0.05) is 6.54 Å². The fourth-order valence-electron chi connectivity index (χ4n) is 1.85. The van der Waals surface area contributed by atoms with Crippen molar-refractivity contribution >= 4 is 9.84 Å². The molecule has 0 aromatic rings. The zero-order valence-electron chi connectivity index (χ0n) is 5.71. The molecule has 1 N–H and O–H groups in total. The highest BCUT2D eigenvalue weighted by molar-refractivity contribution is 7.92. The Balaban J connectivity index is 2.32. The van der Waals surface area contributed by atoms with E-state index in [4.69, 9.17) is 0 Å². The predicted molar refractivity (Wildman–Crippen MR) is 38.6 cm³/mol. The summed E-state index contributed by atoms with van der Waals surface area (Å²) in [6, 6.07) is 0. The highest BCUT2D eigenvalue weighted by Crippen LogP contribution is 2.27. The molecule has 0 amide bonds. The number of fused-ring (bicyclic) bond motifs is 2. The van der Waals surface area contributed by atoms with Gasteiger partial charge in [-0.2, -0.15) is 0 Å². The number of nitrogens with one attached hydrogen (secondary N) is 1. The van der Waals surface area contributed by atoms with E-state index in [0.29, 0.717) is 18.2 Å². The van der Waals surface area contributed by atoms with Gasteiger partial charge in [-0.25, -0.2) is 8.42 Å².